The van der Waals surface area contributed by atoms with Gasteiger partial charge in [0.2, 0.25) is 5.91 Å². The number of carbonyl (C=O) groups excluding carboxylic acids is 1. The molecule has 5 heteroatoms. The normalized spacial score (nSPS) is 11.0. The van der Waals surface area contributed by atoms with E-state index < -0.39 is 5.41 Å². The molecule has 3 N–H and O–H groups in total. The molecular weight excluding hydrogens is 188 g/mol. The van der Waals surface area contributed by atoms with E-state index in [9.17, 15) is 4.79 Å². The van der Waals surface area contributed by atoms with Crippen LogP contribution in [0.3, 0.4) is 0 Å². The summed E-state index contributed by atoms with van der Waals surface area (Å²) in [5, 5.41) is 2.67. The molecule has 0 aliphatic rings. The monoisotopic (exact) mass is 204 g/mol. The van der Waals surface area contributed by atoms with Gasteiger partial charge in [-0.3, -0.25) is 4.79 Å². The topological polar surface area (TPSA) is 64.3 Å². The van der Waals surface area contributed by atoms with Gasteiger partial charge in [0.05, 0.1) is 17.0 Å². The molecule has 4 nitrogen and oxygen atoms in total. The van der Waals surface area contributed by atoms with E-state index in [1.54, 1.807) is 21.0 Å². The van der Waals surface area contributed by atoms with Crippen LogP contribution in [0.1, 0.15) is 13.8 Å². The van der Waals surface area contributed by atoms with Gasteiger partial charge in [0.25, 0.3) is 0 Å². The fourth-order valence-corrected chi connectivity index (χ4v) is 0.692. The molecule has 0 aromatic carbocycles. The summed E-state index contributed by atoms with van der Waals surface area (Å²) in [6.07, 6.45) is 0. The van der Waals surface area contributed by atoms with Gasteiger partial charge in [-0.1, -0.05) is 12.2 Å². The molecule has 0 rings (SSSR count). The van der Waals surface area contributed by atoms with Crippen LogP contribution in [0.2, 0.25) is 0 Å². The van der Waals surface area contributed by atoms with Crippen LogP contribution < -0.4 is 11.1 Å². The number of hydrogen-bond acceptors (Lipinski definition) is 3. The Morgan fingerprint density at radius 2 is 2.15 bits per heavy atom. The number of amides is 1. The number of thiocarbonyl (C=S) groups is 1. The van der Waals surface area contributed by atoms with Crippen molar-refractivity contribution in [1.82, 2.24) is 5.32 Å². The highest BCUT2D eigenvalue weighted by atomic mass is 32.1. The van der Waals surface area contributed by atoms with Crippen molar-refractivity contribution in [2.45, 2.75) is 13.8 Å². The molecule has 0 aliphatic heterocycles. The van der Waals surface area contributed by atoms with Crippen molar-refractivity contribution >= 4 is 23.1 Å². The van der Waals surface area contributed by atoms with Crippen LogP contribution in [-0.4, -0.2) is 31.2 Å². The maximum absolute atomic E-state index is 11.4. The third kappa shape index (κ3) is 3.69. The highest BCUT2D eigenvalue weighted by Gasteiger charge is 2.30. The third-order valence-electron chi connectivity index (χ3n) is 1.78. The fourth-order valence-electron chi connectivity index (χ4n) is 0.599. The average Bonchev–Trinajstić information content (AvgIpc) is 2.04. The van der Waals surface area contributed by atoms with Crippen LogP contribution in [0.5, 0.6) is 0 Å². The van der Waals surface area contributed by atoms with Crippen molar-refractivity contribution in [2.24, 2.45) is 11.1 Å². The van der Waals surface area contributed by atoms with Crippen LogP contribution in [0.25, 0.3) is 0 Å². The van der Waals surface area contributed by atoms with Crippen molar-refractivity contribution in [3.05, 3.63) is 0 Å². The maximum Gasteiger partial charge on any atom is 0.232 e. The van der Waals surface area contributed by atoms with E-state index >= 15 is 0 Å². The average molecular weight is 204 g/mol. The van der Waals surface area contributed by atoms with E-state index in [2.05, 4.69) is 5.32 Å². The van der Waals surface area contributed by atoms with E-state index in [-0.39, 0.29) is 10.9 Å². The fraction of sp³-hybridized carbons (Fsp3) is 0.750. The summed E-state index contributed by atoms with van der Waals surface area (Å²) in [4.78, 5) is 11.6. The van der Waals surface area contributed by atoms with E-state index in [0.29, 0.717) is 13.2 Å². The third-order valence-corrected chi connectivity index (χ3v) is 2.29. The molecule has 1 amide bonds. The van der Waals surface area contributed by atoms with Crippen LogP contribution in [-0.2, 0) is 9.53 Å². The quantitative estimate of drug-likeness (QED) is 0.491. The molecule has 0 spiro atoms. The number of nitrogens with one attached hydrogen (secondary N) is 1. The Balaban J connectivity index is 4.03. The molecule has 0 aromatic rings. The molecule has 0 heterocycles. The summed E-state index contributed by atoms with van der Waals surface area (Å²) in [7, 11) is 1.57. The van der Waals surface area contributed by atoms with Crippen molar-refractivity contribution in [2.75, 3.05) is 20.3 Å². The van der Waals surface area contributed by atoms with Crippen molar-refractivity contribution in [1.29, 1.82) is 0 Å². The Labute approximate surface area is 83.8 Å². The molecule has 0 saturated carbocycles. The lowest BCUT2D eigenvalue weighted by Crippen LogP contribution is -2.45. The van der Waals surface area contributed by atoms with E-state index in [1.807, 2.05) is 0 Å². The van der Waals surface area contributed by atoms with Crippen molar-refractivity contribution in [3.8, 4) is 0 Å². The molecule has 0 saturated heterocycles. The van der Waals surface area contributed by atoms with E-state index in [4.69, 9.17) is 22.7 Å². The summed E-state index contributed by atoms with van der Waals surface area (Å²) in [5.41, 5.74) is 4.63. The maximum atomic E-state index is 11.4. The van der Waals surface area contributed by atoms with Gasteiger partial charge in [0, 0.05) is 13.7 Å². The number of nitrogens with two attached hydrogens (primary N) is 1. The first kappa shape index (κ1) is 12.3. The predicted molar refractivity (Wildman–Crippen MR) is 55.5 cm³/mol. The first-order chi connectivity index (χ1) is 5.92. The molecule has 0 fully saturated rings. The Morgan fingerprint density at radius 1 is 1.62 bits per heavy atom. The molecule has 0 bridgehead atoms. The van der Waals surface area contributed by atoms with Gasteiger partial charge in [-0.15, -0.1) is 0 Å². The number of rotatable bonds is 5. The smallest absolute Gasteiger partial charge is 0.232 e. The minimum Gasteiger partial charge on any atom is -0.392 e. The highest BCUT2D eigenvalue weighted by Crippen LogP contribution is 2.14. The van der Waals surface area contributed by atoms with Crippen LogP contribution >= 0.6 is 12.2 Å². The van der Waals surface area contributed by atoms with Crippen LogP contribution in [0.4, 0.5) is 0 Å². The Hall–Kier alpha value is -0.680. The SMILES string of the molecule is COCCNC(=O)C(C)(C)C(N)=S. The summed E-state index contributed by atoms with van der Waals surface area (Å²) in [6, 6.07) is 0. The first-order valence-corrected chi connectivity index (χ1v) is 4.41. The predicted octanol–water partition coefficient (Wildman–Crippen LogP) is 0.0613. The molecule has 0 aromatic heterocycles. The number of hydrogen-bond donors (Lipinski definition) is 2. The molecule has 0 atom stereocenters. The lowest BCUT2D eigenvalue weighted by atomic mass is 9.92. The van der Waals surface area contributed by atoms with Gasteiger partial charge in [-0.25, -0.2) is 0 Å². The lowest BCUT2D eigenvalue weighted by Gasteiger charge is -2.21. The lowest BCUT2D eigenvalue weighted by molar-refractivity contribution is -0.126. The minimum absolute atomic E-state index is 0.169. The van der Waals surface area contributed by atoms with Gasteiger partial charge >= 0.3 is 0 Å². The van der Waals surface area contributed by atoms with Gasteiger partial charge in [0.1, 0.15) is 0 Å². The zero-order valence-corrected chi connectivity index (χ0v) is 9.03. The largest absolute Gasteiger partial charge is 0.392 e. The summed E-state index contributed by atoms with van der Waals surface area (Å²) >= 11 is 4.77. The summed E-state index contributed by atoms with van der Waals surface area (Å²) in [5.74, 6) is -0.169. The van der Waals surface area contributed by atoms with E-state index in [1.165, 1.54) is 0 Å². The summed E-state index contributed by atoms with van der Waals surface area (Å²) in [6.45, 7) is 4.34. The number of methoxy groups -OCH3 is 1. The molecule has 0 radical (unpaired) electrons. The number of ether oxygens (including phenoxy) is 1. The zero-order chi connectivity index (χ0) is 10.5. The van der Waals surface area contributed by atoms with Crippen molar-refractivity contribution < 1.29 is 9.53 Å². The van der Waals surface area contributed by atoms with Gasteiger partial charge < -0.3 is 15.8 Å². The second-order valence-corrected chi connectivity index (χ2v) is 3.68. The Kier molecular flexibility index (Phi) is 4.87. The molecule has 0 unspecified atom stereocenters. The number of carbonyl (C=O) groups is 1. The molecule has 76 valence electrons. The molecule has 13 heavy (non-hydrogen) atoms. The Morgan fingerprint density at radius 3 is 2.54 bits per heavy atom. The summed E-state index contributed by atoms with van der Waals surface area (Å²) < 4.78 is 4.79. The van der Waals surface area contributed by atoms with Crippen LogP contribution in [0, 0.1) is 5.41 Å². The second-order valence-electron chi connectivity index (χ2n) is 3.24. The molecular formula is C8H16N2O2S. The van der Waals surface area contributed by atoms with Gasteiger partial charge in [-0.05, 0) is 13.8 Å². The van der Waals surface area contributed by atoms with Gasteiger partial charge in [-0.2, -0.15) is 0 Å². The van der Waals surface area contributed by atoms with Gasteiger partial charge in [0.15, 0.2) is 0 Å². The second kappa shape index (κ2) is 5.14. The van der Waals surface area contributed by atoms with E-state index in [0.717, 1.165) is 0 Å². The Bertz CT molecular complexity index is 204. The molecule has 0 aliphatic carbocycles. The zero-order valence-electron chi connectivity index (χ0n) is 8.22. The standard InChI is InChI=1S/C8H16N2O2S/c1-8(2,6(9)13)7(11)10-4-5-12-3/h4-5H2,1-3H3,(H2,9,13)(H,10,11). The van der Waals surface area contributed by atoms with Crippen molar-refractivity contribution in [3.63, 3.8) is 0 Å². The van der Waals surface area contributed by atoms with Crippen LogP contribution in [0.15, 0.2) is 0 Å². The first-order valence-electron chi connectivity index (χ1n) is 4.00. The minimum atomic E-state index is -0.789. The highest BCUT2D eigenvalue weighted by molar-refractivity contribution is 7.80.